The third-order valence-corrected chi connectivity index (χ3v) is 5.30. The number of morpholine rings is 1. The lowest BCUT2D eigenvalue weighted by Gasteiger charge is -2.36. The first-order chi connectivity index (χ1) is 9.23. The molecule has 2 aliphatic rings. The normalized spacial score (nSPS) is 27.0. The summed E-state index contributed by atoms with van der Waals surface area (Å²) < 4.78 is 5.45. The number of hydrogen-bond acceptors (Lipinski definition) is 4. The van der Waals surface area contributed by atoms with Gasteiger partial charge in [0.2, 0.25) is 0 Å². The maximum Gasteiger partial charge on any atom is 0.0594 e. The zero-order valence-corrected chi connectivity index (χ0v) is 12.7. The van der Waals surface area contributed by atoms with E-state index in [1.54, 1.807) is 0 Å². The molecule has 112 valence electrons. The summed E-state index contributed by atoms with van der Waals surface area (Å²) in [6, 6.07) is 0.744. The van der Waals surface area contributed by atoms with E-state index < -0.39 is 0 Å². The number of hydrogen-bond donors (Lipinski definition) is 1. The van der Waals surface area contributed by atoms with E-state index >= 15 is 0 Å². The van der Waals surface area contributed by atoms with Gasteiger partial charge in [-0.25, -0.2) is 0 Å². The maximum atomic E-state index is 6.03. The molecular weight excluding hydrogens is 238 g/mol. The van der Waals surface area contributed by atoms with Gasteiger partial charge in [0, 0.05) is 32.2 Å². The molecule has 2 heterocycles. The number of rotatable bonds is 6. The summed E-state index contributed by atoms with van der Waals surface area (Å²) in [5.74, 6) is 0. The Hall–Kier alpha value is -0.160. The Kier molecular flexibility index (Phi) is 5.63. The Balaban J connectivity index is 1.83. The lowest BCUT2D eigenvalue weighted by atomic mass is 9.82. The van der Waals surface area contributed by atoms with Gasteiger partial charge in [0.1, 0.15) is 0 Å². The van der Waals surface area contributed by atoms with Crippen molar-refractivity contribution in [3.05, 3.63) is 0 Å². The molecule has 2 aliphatic heterocycles. The van der Waals surface area contributed by atoms with E-state index in [2.05, 4.69) is 23.6 Å². The van der Waals surface area contributed by atoms with Crippen LogP contribution in [-0.4, -0.2) is 68.3 Å². The first kappa shape index (κ1) is 15.2. The van der Waals surface area contributed by atoms with Crippen molar-refractivity contribution in [1.82, 2.24) is 9.80 Å². The summed E-state index contributed by atoms with van der Waals surface area (Å²) in [6.07, 6.45) is 3.70. The van der Waals surface area contributed by atoms with Gasteiger partial charge >= 0.3 is 0 Å². The van der Waals surface area contributed by atoms with Crippen LogP contribution in [0.5, 0.6) is 0 Å². The van der Waals surface area contributed by atoms with Crippen molar-refractivity contribution in [2.45, 2.75) is 39.2 Å². The molecule has 2 saturated heterocycles. The molecule has 4 heteroatoms. The molecule has 0 aromatic rings. The molecule has 0 saturated carbocycles. The van der Waals surface area contributed by atoms with Gasteiger partial charge in [0.25, 0.3) is 0 Å². The van der Waals surface area contributed by atoms with Gasteiger partial charge in [-0.2, -0.15) is 0 Å². The second kappa shape index (κ2) is 7.02. The van der Waals surface area contributed by atoms with Gasteiger partial charge in [-0.15, -0.1) is 0 Å². The van der Waals surface area contributed by atoms with E-state index in [-0.39, 0.29) is 0 Å². The van der Waals surface area contributed by atoms with Crippen molar-refractivity contribution < 1.29 is 4.74 Å². The third-order valence-electron chi connectivity index (χ3n) is 5.30. The molecular formula is C15H31N3O. The minimum absolute atomic E-state index is 0.333. The minimum Gasteiger partial charge on any atom is -0.379 e. The van der Waals surface area contributed by atoms with Crippen LogP contribution in [0.4, 0.5) is 0 Å². The van der Waals surface area contributed by atoms with Gasteiger partial charge in [-0.3, -0.25) is 4.90 Å². The van der Waals surface area contributed by atoms with Crippen molar-refractivity contribution in [3.8, 4) is 0 Å². The van der Waals surface area contributed by atoms with Crippen LogP contribution >= 0.6 is 0 Å². The highest BCUT2D eigenvalue weighted by molar-refractivity contribution is 4.89. The molecule has 2 fully saturated rings. The quantitative estimate of drug-likeness (QED) is 0.786. The topological polar surface area (TPSA) is 41.7 Å². The van der Waals surface area contributed by atoms with Crippen LogP contribution < -0.4 is 5.73 Å². The van der Waals surface area contributed by atoms with E-state index in [1.807, 2.05) is 0 Å². The zero-order valence-electron chi connectivity index (χ0n) is 12.7. The fraction of sp³-hybridized carbons (Fsp3) is 1.00. The van der Waals surface area contributed by atoms with Crippen molar-refractivity contribution in [2.24, 2.45) is 11.1 Å². The van der Waals surface area contributed by atoms with E-state index in [0.29, 0.717) is 5.41 Å². The Morgan fingerprint density at radius 1 is 1.16 bits per heavy atom. The van der Waals surface area contributed by atoms with Crippen LogP contribution in [-0.2, 0) is 4.74 Å². The molecule has 0 amide bonds. The highest BCUT2D eigenvalue weighted by Gasteiger charge is 2.33. The van der Waals surface area contributed by atoms with E-state index in [9.17, 15) is 0 Å². The fourth-order valence-electron chi connectivity index (χ4n) is 3.50. The molecule has 0 radical (unpaired) electrons. The van der Waals surface area contributed by atoms with Crippen LogP contribution in [0, 0.1) is 5.41 Å². The van der Waals surface area contributed by atoms with Crippen molar-refractivity contribution in [1.29, 1.82) is 0 Å². The van der Waals surface area contributed by atoms with Gasteiger partial charge in [0.15, 0.2) is 0 Å². The molecule has 1 atom stereocenters. The van der Waals surface area contributed by atoms with Crippen LogP contribution in [0.2, 0.25) is 0 Å². The summed E-state index contributed by atoms with van der Waals surface area (Å²) in [6.45, 7) is 13.1. The summed E-state index contributed by atoms with van der Waals surface area (Å²) in [5.41, 5.74) is 6.36. The fourth-order valence-corrected chi connectivity index (χ4v) is 3.50. The molecule has 2 rings (SSSR count). The minimum atomic E-state index is 0.333. The number of ether oxygens (including phenoxy) is 1. The van der Waals surface area contributed by atoms with E-state index in [0.717, 1.165) is 38.9 Å². The molecule has 0 aromatic heterocycles. The highest BCUT2D eigenvalue weighted by atomic mass is 16.5. The van der Waals surface area contributed by atoms with Crippen LogP contribution in [0.15, 0.2) is 0 Å². The SMILES string of the molecule is CCC(CC)(CN)CN1CCC(N2CCOCC2)C1. The molecule has 0 spiro atoms. The van der Waals surface area contributed by atoms with Crippen LogP contribution in [0.25, 0.3) is 0 Å². The summed E-state index contributed by atoms with van der Waals surface area (Å²) >= 11 is 0. The van der Waals surface area contributed by atoms with E-state index in [1.165, 1.54) is 38.9 Å². The Labute approximate surface area is 118 Å². The smallest absolute Gasteiger partial charge is 0.0594 e. The van der Waals surface area contributed by atoms with Crippen LogP contribution in [0.3, 0.4) is 0 Å². The van der Waals surface area contributed by atoms with Crippen LogP contribution in [0.1, 0.15) is 33.1 Å². The lowest BCUT2D eigenvalue weighted by molar-refractivity contribution is 0.0175. The van der Waals surface area contributed by atoms with Crippen molar-refractivity contribution in [2.75, 3.05) is 52.5 Å². The van der Waals surface area contributed by atoms with Gasteiger partial charge < -0.3 is 15.4 Å². The molecule has 0 aliphatic carbocycles. The zero-order chi connectivity index (χ0) is 13.7. The second-order valence-corrected chi connectivity index (χ2v) is 6.24. The second-order valence-electron chi connectivity index (χ2n) is 6.24. The maximum absolute atomic E-state index is 6.03. The predicted molar refractivity (Wildman–Crippen MR) is 79.3 cm³/mol. The number of likely N-dealkylation sites (tertiary alicyclic amines) is 1. The molecule has 19 heavy (non-hydrogen) atoms. The molecule has 0 bridgehead atoms. The summed E-state index contributed by atoms with van der Waals surface area (Å²) in [4.78, 5) is 5.26. The lowest BCUT2D eigenvalue weighted by Crippen LogP contribution is -2.46. The molecule has 1 unspecified atom stereocenters. The Morgan fingerprint density at radius 3 is 2.42 bits per heavy atom. The summed E-state index contributed by atoms with van der Waals surface area (Å²) in [5, 5.41) is 0. The van der Waals surface area contributed by atoms with Crippen molar-refractivity contribution >= 4 is 0 Å². The molecule has 2 N–H and O–H groups in total. The average molecular weight is 269 g/mol. The number of nitrogens with zero attached hydrogens (tertiary/aromatic N) is 2. The molecule has 4 nitrogen and oxygen atoms in total. The summed E-state index contributed by atoms with van der Waals surface area (Å²) in [7, 11) is 0. The van der Waals surface area contributed by atoms with Gasteiger partial charge in [0.05, 0.1) is 13.2 Å². The monoisotopic (exact) mass is 269 g/mol. The predicted octanol–water partition coefficient (Wildman–Crippen LogP) is 1.16. The Bertz CT molecular complexity index is 254. The van der Waals surface area contributed by atoms with Crippen molar-refractivity contribution in [3.63, 3.8) is 0 Å². The van der Waals surface area contributed by atoms with Gasteiger partial charge in [-0.05, 0) is 37.8 Å². The number of nitrogens with two attached hydrogens (primary N) is 1. The first-order valence-corrected chi connectivity index (χ1v) is 7.97. The largest absolute Gasteiger partial charge is 0.379 e. The Morgan fingerprint density at radius 2 is 1.84 bits per heavy atom. The third kappa shape index (κ3) is 3.69. The van der Waals surface area contributed by atoms with E-state index in [4.69, 9.17) is 10.5 Å². The molecule has 0 aromatic carbocycles. The van der Waals surface area contributed by atoms with Gasteiger partial charge in [-0.1, -0.05) is 13.8 Å². The first-order valence-electron chi connectivity index (χ1n) is 7.97. The standard InChI is InChI=1S/C15H31N3O/c1-3-15(4-2,12-16)13-17-6-5-14(11-17)18-7-9-19-10-8-18/h14H,3-13,16H2,1-2H3. The average Bonchev–Trinajstić information content (AvgIpc) is 2.94. The highest BCUT2D eigenvalue weighted by Crippen LogP contribution is 2.28.